The maximum Gasteiger partial charge on any atom is 0.480 e. The maximum absolute atomic E-state index is 6.22. The zero-order chi connectivity index (χ0) is 14.4. The van der Waals surface area contributed by atoms with Crippen LogP contribution in [0.5, 0.6) is 0 Å². The summed E-state index contributed by atoms with van der Waals surface area (Å²) in [6, 6.07) is 5.20. The first-order valence-electron chi connectivity index (χ1n) is 6.20. The minimum atomic E-state index is -0.541. The Labute approximate surface area is 124 Å². The van der Waals surface area contributed by atoms with Gasteiger partial charge < -0.3 is 15.0 Å². The van der Waals surface area contributed by atoms with Gasteiger partial charge >= 0.3 is 7.12 Å². The van der Waals surface area contributed by atoms with Crippen LogP contribution in [0.1, 0.15) is 39.2 Å². The molecular weight excluding hydrogens is 284 g/mol. The average molecular weight is 302 g/mol. The second-order valence-electron chi connectivity index (χ2n) is 5.82. The molecule has 104 valence electrons. The molecule has 0 saturated carbocycles. The molecule has 0 unspecified atom stereocenters. The summed E-state index contributed by atoms with van der Waals surface area (Å²) >= 11 is 12.1. The number of rotatable bonds is 2. The molecule has 1 fully saturated rings. The van der Waals surface area contributed by atoms with Gasteiger partial charge in [-0.25, -0.2) is 0 Å². The Morgan fingerprint density at radius 2 is 1.63 bits per heavy atom. The van der Waals surface area contributed by atoms with Crippen molar-refractivity contribution in [3.05, 3.63) is 33.8 Å². The van der Waals surface area contributed by atoms with Gasteiger partial charge in [0.1, 0.15) is 0 Å². The summed E-state index contributed by atoms with van der Waals surface area (Å²) in [7, 11) is -0.541. The molecule has 1 saturated heterocycles. The molecule has 0 spiro atoms. The largest absolute Gasteiger partial charge is 0.480 e. The van der Waals surface area contributed by atoms with Crippen LogP contribution < -0.4 is 5.73 Å². The molecule has 1 aromatic rings. The third-order valence-corrected chi connectivity index (χ3v) is 4.46. The number of halogens is 2. The Hall–Kier alpha value is -0.255. The number of hydrogen-bond donors (Lipinski definition) is 1. The van der Waals surface area contributed by atoms with Gasteiger partial charge in [0.15, 0.2) is 0 Å². The van der Waals surface area contributed by atoms with Crippen LogP contribution in [0.15, 0.2) is 18.2 Å². The van der Waals surface area contributed by atoms with Gasteiger partial charge in [0.2, 0.25) is 0 Å². The third kappa shape index (κ3) is 2.78. The summed E-state index contributed by atoms with van der Waals surface area (Å²) in [6.45, 7) is 7.94. The van der Waals surface area contributed by atoms with Crippen LogP contribution in [0.2, 0.25) is 10.0 Å². The highest BCUT2D eigenvalue weighted by atomic mass is 35.5. The van der Waals surface area contributed by atoms with E-state index in [1.54, 1.807) is 18.2 Å². The molecule has 2 N–H and O–H groups in total. The van der Waals surface area contributed by atoms with E-state index in [-0.39, 0.29) is 0 Å². The molecule has 0 radical (unpaired) electrons. The predicted molar refractivity (Wildman–Crippen MR) is 79.5 cm³/mol. The van der Waals surface area contributed by atoms with Crippen molar-refractivity contribution >= 4 is 30.3 Å². The van der Waals surface area contributed by atoms with Crippen molar-refractivity contribution in [2.75, 3.05) is 0 Å². The van der Waals surface area contributed by atoms with Crippen molar-refractivity contribution < 1.29 is 9.31 Å². The van der Waals surface area contributed by atoms with Crippen molar-refractivity contribution in [2.45, 2.75) is 44.8 Å². The highest BCUT2D eigenvalue weighted by molar-refractivity contribution is 6.48. The average Bonchev–Trinajstić information content (AvgIpc) is 2.51. The maximum atomic E-state index is 6.22. The van der Waals surface area contributed by atoms with Crippen LogP contribution in [0.4, 0.5) is 0 Å². The number of hydrogen-bond acceptors (Lipinski definition) is 3. The van der Waals surface area contributed by atoms with E-state index in [4.69, 9.17) is 38.2 Å². The first-order valence-corrected chi connectivity index (χ1v) is 6.96. The fourth-order valence-electron chi connectivity index (χ4n) is 1.95. The summed E-state index contributed by atoms with van der Waals surface area (Å²) < 4.78 is 11.9. The van der Waals surface area contributed by atoms with Crippen LogP contribution in [-0.2, 0) is 9.31 Å². The van der Waals surface area contributed by atoms with Gasteiger partial charge in [0.05, 0.1) is 17.1 Å². The number of benzene rings is 1. The monoisotopic (exact) mass is 301 g/mol. The topological polar surface area (TPSA) is 44.5 Å². The van der Waals surface area contributed by atoms with Gasteiger partial charge in [0, 0.05) is 10.0 Å². The summed E-state index contributed by atoms with van der Waals surface area (Å²) in [4.78, 5) is 0. The SMILES string of the molecule is CC1(C)OB([C@@H](N)c2cc(Cl)ccc2Cl)OC1(C)C. The Morgan fingerprint density at radius 1 is 1.11 bits per heavy atom. The van der Waals surface area contributed by atoms with Gasteiger partial charge in [-0.1, -0.05) is 23.2 Å². The van der Waals surface area contributed by atoms with Crippen molar-refractivity contribution in [1.29, 1.82) is 0 Å². The van der Waals surface area contributed by atoms with Crippen molar-refractivity contribution in [2.24, 2.45) is 5.73 Å². The highest BCUT2D eigenvalue weighted by Gasteiger charge is 2.53. The fourth-order valence-corrected chi connectivity index (χ4v) is 2.38. The molecule has 19 heavy (non-hydrogen) atoms. The van der Waals surface area contributed by atoms with Gasteiger partial charge in [-0.3, -0.25) is 0 Å². The summed E-state index contributed by atoms with van der Waals surface area (Å²) in [5, 5.41) is 1.15. The molecule has 2 rings (SSSR count). The third-order valence-electron chi connectivity index (χ3n) is 3.88. The summed E-state index contributed by atoms with van der Waals surface area (Å²) in [6.07, 6.45) is 0. The van der Waals surface area contributed by atoms with Crippen LogP contribution in [-0.4, -0.2) is 18.3 Å². The van der Waals surface area contributed by atoms with E-state index in [1.165, 1.54) is 0 Å². The molecule has 0 amide bonds. The van der Waals surface area contributed by atoms with Crippen molar-refractivity contribution in [3.63, 3.8) is 0 Å². The molecule has 3 nitrogen and oxygen atoms in total. The molecule has 1 aromatic carbocycles. The lowest BCUT2D eigenvalue weighted by atomic mass is 9.75. The lowest BCUT2D eigenvalue weighted by Gasteiger charge is -2.32. The fraction of sp³-hybridized carbons (Fsp3) is 0.538. The Kier molecular flexibility index (Phi) is 3.93. The van der Waals surface area contributed by atoms with Crippen LogP contribution in [0, 0.1) is 0 Å². The Bertz CT molecular complexity index is 478. The molecule has 0 aromatic heterocycles. The van der Waals surface area contributed by atoms with Gasteiger partial charge in [0.25, 0.3) is 0 Å². The van der Waals surface area contributed by atoms with E-state index < -0.39 is 24.3 Å². The molecule has 1 aliphatic heterocycles. The molecule has 1 atom stereocenters. The summed E-state index contributed by atoms with van der Waals surface area (Å²) in [5.41, 5.74) is 6.12. The smallest absolute Gasteiger partial charge is 0.402 e. The predicted octanol–water partition coefficient (Wildman–Crippen LogP) is 3.62. The molecule has 1 aliphatic rings. The van der Waals surface area contributed by atoms with Crippen molar-refractivity contribution in [1.82, 2.24) is 0 Å². The molecule has 0 aliphatic carbocycles. The zero-order valence-corrected chi connectivity index (χ0v) is 13.0. The molecule has 6 heteroatoms. The quantitative estimate of drug-likeness (QED) is 0.849. The van der Waals surface area contributed by atoms with E-state index in [9.17, 15) is 0 Å². The first kappa shape index (κ1) is 15.1. The minimum Gasteiger partial charge on any atom is -0.402 e. The van der Waals surface area contributed by atoms with Crippen molar-refractivity contribution in [3.8, 4) is 0 Å². The van der Waals surface area contributed by atoms with E-state index in [0.717, 1.165) is 5.56 Å². The molecular formula is C13H18BCl2NO2. The lowest BCUT2D eigenvalue weighted by molar-refractivity contribution is 0.00578. The van der Waals surface area contributed by atoms with E-state index in [2.05, 4.69) is 0 Å². The zero-order valence-electron chi connectivity index (χ0n) is 11.5. The van der Waals surface area contributed by atoms with Crippen LogP contribution in [0.25, 0.3) is 0 Å². The highest BCUT2D eigenvalue weighted by Crippen LogP contribution is 2.40. The van der Waals surface area contributed by atoms with Crippen LogP contribution >= 0.6 is 23.2 Å². The van der Waals surface area contributed by atoms with Gasteiger partial charge in [-0.2, -0.15) is 0 Å². The Morgan fingerprint density at radius 3 is 2.16 bits per heavy atom. The summed E-state index contributed by atoms with van der Waals surface area (Å²) in [5.74, 6) is -0.479. The van der Waals surface area contributed by atoms with Crippen LogP contribution in [0.3, 0.4) is 0 Å². The van der Waals surface area contributed by atoms with E-state index in [1.807, 2.05) is 27.7 Å². The van der Waals surface area contributed by atoms with E-state index in [0.29, 0.717) is 10.0 Å². The second-order valence-corrected chi connectivity index (χ2v) is 6.66. The Balaban J connectivity index is 2.27. The normalized spacial score (nSPS) is 22.6. The second kappa shape index (κ2) is 4.94. The molecule has 0 bridgehead atoms. The minimum absolute atomic E-state index is 0.416. The standard InChI is InChI=1S/C13H18BCl2NO2/c1-12(2)13(3,4)19-14(18-12)11(17)9-7-8(15)5-6-10(9)16/h5-7,11H,17H2,1-4H3/t11-/m0/s1. The molecule has 1 heterocycles. The lowest BCUT2D eigenvalue weighted by Crippen LogP contribution is -2.41. The first-order chi connectivity index (χ1) is 8.64. The number of nitrogens with two attached hydrogens (primary N) is 1. The van der Waals surface area contributed by atoms with Gasteiger partial charge in [-0.05, 0) is 51.5 Å². The van der Waals surface area contributed by atoms with Gasteiger partial charge in [-0.15, -0.1) is 0 Å². The van der Waals surface area contributed by atoms with E-state index >= 15 is 0 Å².